The Bertz CT molecular complexity index is 1840. The Labute approximate surface area is 309 Å². The van der Waals surface area contributed by atoms with Gasteiger partial charge in [-0.1, -0.05) is 18.0 Å². The van der Waals surface area contributed by atoms with Crippen molar-refractivity contribution in [3.8, 4) is 23.1 Å². The van der Waals surface area contributed by atoms with E-state index in [1.165, 1.54) is 7.11 Å². The number of hydrogen-bond donors (Lipinski definition) is 3. The van der Waals surface area contributed by atoms with Crippen LogP contribution < -0.4 is 20.1 Å². The Morgan fingerprint density at radius 1 is 1.17 bits per heavy atom. The first-order valence-electron chi connectivity index (χ1n) is 18.5. The van der Waals surface area contributed by atoms with Crippen LogP contribution in [0.5, 0.6) is 11.9 Å². The molecule has 4 aliphatic rings. The Balaban J connectivity index is 1.33. The van der Waals surface area contributed by atoms with Gasteiger partial charge in [-0.3, -0.25) is 4.90 Å². The van der Waals surface area contributed by atoms with E-state index >= 15 is 4.39 Å². The van der Waals surface area contributed by atoms with Crippen molar-refractivity contribution in [1.82, 2.24) is 19.9 Å². The predicted molar refractivity (Wildman–Crippen MR) is 200 cm³/mol. The van der Waals surface area contributed by atoms with Crippen LogP contribution in [-0.4, -0.2) is 108 Å². The van der Waals surface area contributed by atoms with Crippen molar-refractivity contribution in [3.63, 3.8) is 0 Å². The van der Waals surface area contributed by atoms with Crippen molar-refractivity contribution in [3.05, 3.63) is 28.0 Å². The number of fused-ring (bicyclic) bond motifs is 2. The molecule has 0 radical (unpaired) electrons. The number of likely N-dealkylation sites (tertiary alicyclic amines) is 1. The Hall–Kier alpha value is -3.36. The lowest BCUT2D eigenvalue weighted by molar-refractivity contribution is -0.0967. The number of hydrogen-bond acceptors (Lipinski definition) is 12. The number of benzene rings is 1. The van der Waals surface area contributed by atoms with E-state index in [0.29, 0.717) is 48.2 Å². The van der Waals surface area contributed by atoms with Gasteiger partial charge >= 0.3 is 6.01 Å². The van der Waals surface area contributed by atoms with Gasteiger partial charge in [0.1, 0.15) is 28.0 Å². The molecule has 1 aliphatic carbocycles. The molecule has 6 atom stereocenters. The third kappa shape index (κ3) is 6.79. The van der Waals surface area contributed by atoms with E-state index < -0.39 is 11.4 Å². The van der Waals surface area contributed by atoms with Crippen molar-refractivity contribution in [2.75, 3.05) is 57.2 Å². The number of nitrogens with two attached hydrogens (primary N) is 1. The van der Waals surface area contributed by atoms with E-state index in [4.69, 9.17) is 51.7 Å². The van der Waals surface area contributed by atoms with E-state index in [1.54, 1.807) is 19.9 Å². The third-order valence-corrected chi connectivity index (χ3v) is 12.0. The number of pyridine rings is 1. The molecule has 7 rings (SSSR count). The van der Waals surface area contributed by atoms with E-state index in [2.05, 4.69) is 23.7 Å². The summed E-state index contributed by atoms with van der Waals surface area (Å²) in [5.41, 5.74) is 6.10. The van der Waals surface area contributed by atoms with Gasteiger partial charge in [-0.2, -0.15) is 9.97 Å². The molecule has 0 spiro atoms. The molecular weight excluding hydrogens is 689 g/mol. The Morgan fingerprint density at radius 2 is 1.92 bits per heavy atom. The SMILES string of the molecule is COc1nc(-c2c(C)c(Cl)cc(N)c2C=N)c(F)c2nc(OC[C@]34CCC[C@H]3N(C3C[C@@H](C)O[C@@H](C)C3)CCC4)nc(N3CCOC[C@@](C)(O)C3)c12. The summed E-state index contributed by atoms with van der Waals surface area (Å²) < 4.78 is 41.5. The second-order valence-electron chi connectivity index (χ2n) is 15.6. The highest BCUT2D eigenvalue weighted by atomic mass is 35.5. The van der Waals surface area contributed by atoms with Crippen molar-refractivity contribution < 1.29 is 28.4 Å². The first-order chi connectivity index (χ1) is 24.8. The van der Waals surface area contributed by atoms with Gasteiger partial charge in [-0.15, -0.1) is 0 Å². The molecule has 12 nitrogen and oxygen atoms in total. The fourth-order valence-corrected chi connectivity index (χ4v) is 9.58. The van der Waals surface area contributed by atoms with Gasteiger partial charge in [0.2, 0.25) is 5.88 Å². The molecule has 282 valence electrons. The lowest BCUT2D eigenvalue weighted by Gasteiger charge is -2.51. The molecule has 1 aromatic carbocycles. The number of nitrogen functional groups attached to an aromatic ring is 1. The van der Waals surface area contributed by atoms with E-state index in [-0.39, 0.29) is 76.1 Å². The minimum atomic E-state index is -1.21. The van der Waals surface area contributed by atoms with Crippen molar-refractivity contribution in [2.24, 2.45) is 5.41 Å². The van der Waals surface area contributed by atoms with Crippen molar-refractivity contribution in [1.29, 1.82) is 5.41 Å². The number of aromatic nitrogens is 3. The summed E-state index contributed by atoms with van der Waals surface area (Å²) in [5, 5.41) is 19.8. The van der Waals surface area contributed by atoms with Crippen molar-refractivity contribution in [2.45, 2.75) is 103 Å². The maximum absolute atomic E-state index is 17.2. The fourth-order valence-electron chi connectivity index (χ4n) is 9.37. The highest BCUT2D eigenvalue weighted by Crippen LogP contribution is 2.50. The fraction of sp³-hybridized carbons (Fsp3) is 0.632. The quantitative estimate of drug-likeness (QED) is 0.186. The minimum absolute atomic E-state index is 0.0328. The second-order valence-corrected chi connectivity index (χ2v) is 16.0. The second kappa shape index (κ2) is 14.5. The van der Waals surface area contributed by atoms with Crippen LogP contribution in [0.3, 0.4) is 0 Å². The number of methoxy groups -OCH3 is 1. The highest BCUT2D eigenvalue weighted by Gasteiger charge is 2.51. The molecule has 2 aromatic heterocycles. The molecule has 4 fully saturated rings. The van der Waals surface area contributed by atoms with Gasteiger partial charge in [-0.05, 0) is 84.4 Å². The van der Waals surface area contributed by atoms with Crippen LogP contribution in [0.1, 0.15) is 76.8 Å². The molecule has 1 unspecified atom stereocenters. The number of nitrogens with zero attached hydrogens (tertiary/aromatic N) is 5. The van der Waals surface area contributed by atoms with Crippen LogP contribution in [0.2, 0.25) is 5.02 Å². The molecular formula is C38H51ClFN7O5. The lowest BCUT2D eigenvalue weighted by Crippen LogP contribution is -2.57. The predicted octanol–water partition coefficient (Wildman–Crippen LogP) is 5.94. The van der Waals surface area contributed by atoms with Gasteiger partial charge in [0.15, 0.2) is 5.82 Å². The molecule has 3 aliphatic heterocycles. The first kappa shape index (κ1) is 37.0. The summed E-state index contributed by atoms with van der Waals surface area (Å²) in [6, 6.07) is 2.41. The molecule has 3 saturated heterocycles. The maximum Gasteiger partial charge on any atom is 0.319 e. The zero-order valence-corrected chi connectivity index (χ0v) is 31.6. The molecule has 4 N–H and O–H groups in total. The van der Waals surface area contributed by atoms with E-state index in [0.717, 1.165) is 57.7 Å². The zero-order valence-electron chi connectivity index (χ0n) is 30.8. The molecule has 3 aromatic rings. The van der Waals surface area contributed by atoms with Gasteiger partial charge in [0, 0.05) is 52.1 Å². The van der Waals surface area contributed by atoms with Crippen LogP contribution in [0.15, 0.2) is 6.07 Å². The molecule has 0 bridgehead atoms. The first-order valence-corrected chi connectivity index (χ1v) is 18.9. The number of anilines is 2. The molecule has 1 saturated carbocycles. The largest absolute Gasteiger partial charge is 0.480 e. The number of nitrogens with one attached hydrogen (secondary N) is 1. The average Bonchev–Trinajstić information content (AvgIpc) is 3.45. The molecule has 52 heavy (non-hydrogen) atoms. The van der Waals surface area contributed by atoms with Gasteiger partial charge in [0.05, 0.1) is 45.7 Å². The van der Waals surface area contributed by atoms with Gasteiger partial charge in [-0.25, -0.2) is 9.37 Å². The van der Waals surface area contributed by atoms with Gasteiger partial charge in [0.25, 0.3) is 0 Å². The molecule has 5 heterocycles. The van der Waals surface area contributed by atoms with Crippen LogP contribution >= 0.6 is 11.6 Å². The number of halogens is 2. The summed E-state index contributed by atoms with van der Waals surface area (Å²) in [7, 11) is 1.45. The maximum atomic E-state index is 17.2. The van der Waals surface area contributed by atoms with Crippen LogP contribution in [-0.2, 0) is 9.47 Å². The summed E-state index contributed by atoms with van der Waals surface area (Å²) in [6.07, 6.45) is 8.93. The molecule has 14 heteroatoms. The topological polar surface area (TPSA) is 152 Å². The summed E-state index contributed by atoms with van der Waals surface area (Å²) in [5.74, 6) is -0.353. The average molecular weight is 740 g/mol. The van der Waals surface area contributed by atoms with Gasteiger partial charge < -0.3 is 40.1 Å². The summed E-state index contributed by atoms with van der Waals surface area (Å²) >= 11 is 6.53. The number of aliphatic hydroxyl groups is 1. The van der Waals surface area contributed by atoms with Crippen LogP contribution in [0.25, 0.3) is 22.2 Å². The number of rotatable bonds is 8. The zero-order chi connectivity index (χ0) is 36.9. The summed E-state index contributed by atoms with van der Waals surface area (Å²) in [6.45, 7) is 10.2. The monoisotopic (exact) mass is 739 g/mol. The molecule has 0 amide bonds. The number of piperidine rings is 1. The normalized spacial score (nSPS) is 29.9. The standard InChI is InChI=1S/C38H51ClFN7O5/c1-21-14-24(15-22(2)52-21)47-11-7-10-38(9-6-8-28(38)47)20-51-36-44-33-30(34(45-36)46-12-13-50-19-37(4,48)18-46)35(49-5)43-32(31(33)40)29-23(3)26(39)16-27(42)25(29)17-41/h16-17,21-22,24,28,41,48H,6-15,18-20,42H2,1-5H3/t21-,22+,24?,28-,37+,38-/m1/s1. The smallest absolute Gasteiger partial charge is 0.319 e. The third-order valence-electron chi connectivity index (χ3n) is 11.6. The van der Waals surface area contributed by atoms with E-state index in [9.17, 15) is 5.11 Å². The number of ether oxygens (including phenoxy) is 4. The lowest BCUT2D eigenvalue weighted by atomic mass is 9.74. The highest BCUT2D eigenvalue weighted by molar-refractivity contribution is 6.32. The number of β-amino-alcohol motifs (C(OH)–C–C–N with tert-alkyl or cyclic N) is 1. The van der Waals surface area contributed by atoms with E-state index in [1.807, 2.05) is 4.90 Å². The minimum Gasteiger partial charge on any atom is -0.480 e. The van der Waals surface area contributed by atoms with Crippen LogP contribution in [0, 0.1) is 23.6 Å². The summed E-state index contributed by atoms with van der Waals surface area (Å²) in [4.78, 5) is 18.9. The Kier molecular flexibility index (Phi) is 10.3. The van der Waals surface area contributed by atoms with Crippen molar-refractivity contribution >= 4 is 40.2 Å². The van der Waals surface area contributed by atoms with Crippen LogP contribution in [0.4, 0.5) is 15.9 Å². The Morgan fingerprint density at radius 3 is 2.65 bits per heavy atom.